The Morgan fingerprint density at radius 1 is 1.18 bits per heavy atom. The molecule has 0 radical (unpaired) electrons. The molecule has 1 atom stereocenters. The number of furan rings is 1. The molecule has 1 spiro atoms. The molecule has 28 heavy (non-hydrogen) atoms. The smallest absolute Gasteiger partial charge is 0.289 e. The van der Waals surface area contributed by atoms with Crippen molar-refractivity contribution < 1.29 is 13.9 Å². The van der Waals surface area contributed by atoms with Gasteiger partial charge in [-0.2, -0.15) is 0 Å². The van der Waals surface area contributed by atoms with E-state index in [0.29, 0.717) is 11.8 Å². The van der Waals surface area contributed by atoms with Crippen LogP contribution in [0.3, 0.4) is 0 Å². The summed E-state index contributed by atoms with van der Waals surface area (Å²) >= 11 is 0. The SMILES string of the molecule is CC(C)CN1CCN([C@@H]2CCOC3(CCN(C(=O)c4ccco4)CC3)C2)CC1. The Hall–Kier alpha value is -1.37. The quantitative estimate of drug-likeness (QED) is 0.792. The van der Waals surface area contributed by atoms with Gasteiger partial charge in [0.25, 0.3) is 5.91 Å². The van der Waals surface area contributed by atoms with Crippen molar-refractivity contribution >= 4 is 5.91 Å². The fraction of sp³-hybridized carbons (Fsp3) is 0.773. The first-order chi connectivity index (χ1) is 13.5. The van der Waals surface area contributed by atoms with Gasteiger partial charge in [0.15, 0.2) is 5.76 Å². The number of hydrogen-bond acceptors (Lipinski definition) is 5. The highest BCUT2D eigenvalue weighted by atomic mass is 16.5. The third kappa shape index (κ3) is 4.44. The maximum Gasteiger partial charge on any atom is 0.289 e. The van der Waals surface area contributed by atoms with Gasteiger partial charge < -0.3 is 19.0 Å². The van der Waals surface area contributed by atoms with E-state index in [-0.39, 0.29) is 11.5 Å². The molecule has 0 aliphatic carbocycles. The maximum atomic E-state index is 12.5. The highest BCUT2D eigenvalue weighted by molar-refractivity contribution is 5.91. The normalized spacial score (nSPS) is 26.8. The van der Waals surface area contributed by atoms with Crippen LogP contribution in [0.5, 0.6) is 0 Å². The molecule has 1 amide bonds. The van der Waals surface area contributed by atoms with Crippen LogP contribution in [0.2, 0.25) is 0 Å². The molecule has 156 valence electrons. The molecule has 4 heterocycles. The fourth-order valence-electron chi connectivity index (χ4n) is 5.16. The molecule has 1 aromatic rings. The summed E-state index contributed by atoms with van der Waals surface area (Å²) in [6.07, 6.45) is 5.68. The molecule has 0 unspecified atom stereocenters. The molecular weight excluding hydrogens is 354 g/mol. The van der Waals surface area contributed by atoms with Crippen LogP contribution in [0.4, 0.5) is 0 Å². The monoisotopic (exact) mass is 389 g/mol. The third-order valence-electron chi connectivity index (χ3n) is 6.71. The molecule has 3 aliphatic heterocycles. The molecule has 6 heteroatoms. The van der Waals surface area contributed by atoms with Gasteiger partial charge in [-0.1, -0.05) is 13.8 Å². The van der Waals surface area contributed by atoms with E-state index >= 15 is 0 Å². The molecule has 3 saturated heterocycles. The van der Waals surface area contributed by atoms with Gasteiger partial charge in [-0.15, -0.1) is 0 Å². The lowest BCUT2D eigenvalue weighted by molar-refractivity contribution is -0.132. The third-order valence-corrected chi connectivity index (χ3v) is 6.71. The minimum atomic E-state index is -0.0437. The summed E-state index contributed by atoms with van der Waals surface area (Å²) in [6, 6.07) is 4.15. The van der Waals surface area contributed by atoms with Crippen molar-refractivity contribution in [3.8, 4) is 0 Å². The summed E-state index contributed by atoms with van der Waals surface area (Å²) in [7, 11) is 0. The molecule has 3 aliphatic rings. The Morgan fingerprint density at radius 2 is 1.93 bits per heavy atom. The Balaban J connectivity index is 1.29. The predicted octanol–water partition coefficient (Wildman–Crippen LogP) is 2.71. The standard InChI is InChI=1S/C22H35N3O3/c1-18(2)17-23-10-12-24(13-11-23)19-5-15-28-22(16-19)6-8-25(9-7-22)21(26)20-4-3-14-27-20/h3-4,14,18-19H,5-13,15-17H2,1-2H3/t19-/m1/s1. The largest absolute Gasteiger partial charge is 0.459 e. The van der Waals surface area contributed by atoms with Gasteiger partial charge in [0.2, 0.25) is 0 Å². The average Bonchev–Trinajstić information content (AvgIpc) is 3.23. The van der Waals surface area contributed by atoms with Gasteiger partial charge >= 0.3 is 0 Å². The number of rotatable bonds is 4. The lowest BCUT2D eigenvalue weighted by Crippen LogP contribution is -2.57. The topological polar surface area (TPSA) is 49.2 Å². The van der Waals surface area contributed by atoms with Gasteiger partial charge in [-0.3, -0.25) is 9.69 Å². The molecule has 3 fully saturated rings. The minimum absolute atomic E-state index is 0.00786. The summed E-state index contributed by atoms with van der Waals surface area (Å²) in [4.78, 5) is 19.7. The second kappa shape index (κ2) is 8.56. The molecule has 0 bridgehead atoms. The van der Waals surface area contributed by atoms with E-state index < -0.39 is 0 Å². The van der Waals surface area contributed by atoms with Crippen molar-refractivity contribution in [2.24, 2.45) is 5.92 Å². The van der Waals surface area contributed by atoms with Gasteiger partial charge in [0, 0.05) is 58.5 Å². The zero-order valence-electron chi connectivity index (χ0n) is 17.4. The van der Waals surface area contributed by atoms with Gasteiger partial charge in [0.1, 0.15) is 0 Å². The lowest BCUT2D eigenvalue weighted by atomic mass is 9.81. The van der Waals surface area contributed by atoms with Crippen LogP contribution in [0.15, 0.2) is 22.8 Å². The van der Waals surface area contributed by atoms with Crippen molar-refractivity contribution in [3.05, 3.63) is 24.2 Å². The molecule has 0 saturated carbocycles. The number of nitrogens with zero attached hydrogens (tertiary/aromatic N) is 3. The van der Waals surface area contributed by atoms with E-state index in [1.165, 1.54) is 32.7 Å². The summed E-state index contributed by atoms with van der Waals surface area (Å²) in [6.45, 7) is 12.9. The molecule has 4 rings (SSSR count). The van der Waals surface area contributed by atoms with Gasteiger partial charge in [-0.25, -0.2) is 0 Å². The van der Waals surface area contributed by atoms with Crippen LogP contribution < -0.4 is 0 Å². The van der Waals surface area contributed by atoms with E-state index in [9.17, 15) is 4.79 Å². The van der Waals surface area contributed by atoms with E-state index in [4.69, 9.17) is 9.15 Å². The van der Waals surface area contributed by atoms with Crippen LogP contribution in [0.25, 0.3) is 0 Å². The average molecular weight is 390 g/mol. The molecule has 6 nitrogen and oxygen atoms in total. The predicted molar refractivity (Wildman–Crippen MR) is 108 cm³/mol. The summed E-state index contributed by atoms with van der Waals surface area (Å²) < 4.78 is 11.6. The second-order valence-electron chi connectivity index (χ2n) is 9.18. The summed E-state index contributed by atoms with van der Waals surface area (Å²) in [5.74, 6) is 1.19. The van der Waals surface area contributed by atoms with Crippen LogP contribution in [0.1, 0.15) is 50.1 Å². The molecule has 0 aromatic carbocycles. The minimum Gasteiger partial charge on any atom is -0.459 e. The van der Waals surface area contributed by atoms with Crippen molar-refractivity contribution in [2.75, 3.05) is 52.4 Å². The zero-order chi connectivity index (χ0) is 19.6. The first-order valence-electron chi connectivity index (χ1n) is 11.0. The Morgan fingerprint density at radius 3 is 2.57 bits per heavy atom. The Kier molecular flexibility index (Phi) is 6.09. The first kappa shape index (κ1) is 19.9. The van der Waals surface area contributed by atoms with Crippen molar-refractivity contribution in [3.63, 3.8) is 0 Å². The number of carbonyl (C=O) groups is 1. The number of piperazine rings is 1. The Labute approximate surface area is 168 Å². The van der Waals surface area contributed by atoms with E-state index in [1.54, 1.807) is 18.4 Å². The van der Waals surface area contributed by atoms with E-state index in [2.05, 4.69) is 23.6 Å². The summed E-state index contributed by atoms with van der Waals surface area (Å²) in [5, 5.41) is 0. The van der Waals surface area contributed by atoms with Crippen molar-refractivity contribution in [2.45, 2.75) is 51.2 Å². The van der Waals surface area contributed by atoms with Gasteiger partial charge in [0.05, 0.1) is 11.9 Å². The Bertz CT molecular complexity index is 629. The van der Waals surface area contributed by atoms with Gasteiger partial charge in [-0.05, 0) is 43.7 Å². The number of ether oxygens (including phenoxy) is 1. The van der Waals surface area contributed by atoms with Crippen LogP contribution >= 0.6 is 0 Å². The van der Waals surface area contributed by atoms with E-state index in [0.717, 1.165) is 51.3 Å². The fourth-order valence-corrected chi connectivity index (χ4v) is 5.16. The maximum absolute atomic E-state index is 12.5. The molecular formula is C22H35N3O3. The number of likely N-dealkylation sites (tertiary alicyclic amines) is 1. The van der Waals surface area contributed by atoms with E-state index in [1.807, 2.05) is 4.90 Å². The second-order valence-corrected chi connectivity index (χ2v) is 9.18. The lowest BCUT2D eigenvalue weighted by Gasteiger charge is -2.49. The molecule has 0 N–H and O–H groups in total. The highest BCUT2D eigenvalue weighted by Crippen LogP contribution is 2.37. The first-order valence-corrected chi connectivity index (χ1v) is 11.0. The highest BCUT2D eigenvalue weighted by Gasteiger charge is 2.43. The summed E-state index contributed by atoms with van der Waals surface area (Å²) in [5.41, 5.74) is -0.0437. The van der Waals surface area contributed by atoms with Crippen LogP contribution in [-0.2, 0) is 4.74 Å². The number of amides is 1. The number of piperidine rings is 1. The van der Waals surface area contributed by atoms with Crippen molar-refractivity contribution in [1.29, 1.82) is 0 Å². The number of carbonyl (C=O) groups excluding carboxylic acids is 1. The van der Waals surface area contributed by atoms with Crippen molar-refractivity contribution in [1.82, 2.24) is 14.7 Å². The number of hydrogen-bond donors (Lipinski definition) is 0. The zero-order valence-corrected chi connectivity index (χ0v) is 17.4. The molecule has 1 aromatic heterocycles. The van der Waals surface area contributed by atoms with Crippen LogP contribution in [-0.4, -0.2) is 84.7 Å². The van der Waals surface area contributed by atoms with Crippen LogP contribution in [0, 0.1) is 5.92 Å².